The van der Waals surface area contributed by atoms with Gasteiger partial charge in [-0.15, -0.1) is 0 Å². The van der Waals surface area contributed by atoms with Crippen LogP contribution in [-0.4, -0.2) is 36.3 Å². The number of carbonyl (C=O) groups excluding carboxylic acids is 2. The maximum absolute atomic E-state index is 12.4. The number of rotatable bonds is 7. The first-order valence-electron chi connectivity index (χ1n) is 8.55. The summed E-state index contributed by atoms with van der Waals surface area (Å²) in [7, 11) is 1.74. The molecule has 2 aromatic rings. The summed E-state index contributed by atoms with van der Waals surface area (Å²) in [6, 6.07) is 12.6. The van der Waals surface area contributed by atoms with Crippen molar-refractivity contribution in [2.24, 2.45) is 0 Å². The zero-order valence-corrected chi connectivity index (χ0v) is 17.9. The number of nitrogens with one attached hydrogen (secondary N) is 2. The van der Waals surface area contributed by atoms with Crippen LogP contribution >= 0.6 is 27.5 Å². The lowest BCUT2D eigenvalue weighted by atomic mass is 10.2. The molecule has 0 aliphatic heterocycles. The monoisotopic (exact) mass is 451 g/mol. The van der Waals surface area contributed by atoms with Crippen LogP contribution in [0.15, 0.2) is 46.9 Å². The minimum atomic E-state index is -0.454. The molecule has 0 heterocycles. The minimum absolute atomic E-state index is 0.107. The Morgan fingerprint density at radius 3 is 2.59 bits per heavy atom. The van der Waals surface area contributed by atoms with Crippen molar-refractivity contribution in [2.45, 2.75) is 26.4 Å². The molecule has 27 heavy (non-hydrogen) atoms. The van der Waals surface area contributed by atoms with E-state index in [0.29, 0.717) is 11.6 Å². The van der Waals surface area contributed by atoms with Crippen molar-refractivity contribution < 1.29 is 9.59 Å². The van der Waals surface area contributed by atoms with Gasteiger partial charge in [0.2, 0.25) is 11.8 Å². The Morgan fingerprint density at radius 1 is 1.22 bits per heavy atom. The van der Waals surface area contributed by atoms with Crippen molar-refractivity contribution in [1.29, 1.82) is 0 Å². The molecule has 0 aliphatic carbocycles. The molecular formula is C20H23BrClN3O2. The molecule has 2 amide bonds. The van der Waals surface area contributed by atoms with Crippen LogP contribution in [0, 0.1) is 6.92 Å². The number of hydrogen-bond donors (Lipinski definition) is 2. The summed E-state index contributed by atoms with van der Waals surface area (Å²) in [4.78, 5) is 26.4. The van der Waals surface area contributed by atoms with E-state index in [2.05, 4.69) is 26.6 Å². The Kier molecular flexibility index (Phi) is 7.83. The quantitative estimate of drug-likeness (QED) is 0.668. The number of amides is 2. The fourth-order valence-electron chi connectivity index (χ4n) is 2.49. The van der Waals surface area contributed by atoms with Crippen molar-refractivity contribution in [1.82, 2.24) is 10.2 Å². The van der Waals surface area contributed by atoms with Gasteiger partial charge in [-0.05, 0) is 56.3 Å². The highest BCUT2D eigenvalue weighted by atomic mass is 79.9. The molecule has 144 valence electrons. The predicted molar refractivity (Wildman–Crippen MR) is 113 cm³/mol. The number of aryl methyl sites for hydroxylation is 1. The summed E-state index contributed by atoms with van der Waals surface area (Å²) in [5.41, 5.74) is 2.57. The number of likely N-dealkylation sites (N-methyl/N-ethyl adjacent to an activating group) is 1. The third-order valence-corrected chi connectivity index (χ3v) is 5.17. The molecule has 2 N–H and O–H groups in total. The minimum Gasteiger partial charge on any atom is -0.351 e. The number of benzene rings is 2. The first kappa shape index (κ1) is 21.4. The van der Waals surface area contributed by atoms with Gasteiger partial charge in [0.1, 0.15) is 0 Å². The average Bonchev–Trinajstić information content (AvgIpc) is 2.62. The lowest BCUT2D eigenvalue weighted by Gasteiger charge is -2.23. The maximum Gasteiger partial charge on any atom is 0.238 e. The molecule has 2 rings (SSSR count). The second-order valence-corrected chi connectivity index (χ2v) is 7.73. The third-order valence-electron chi connectivity index (χ3n) is 4.31. The summed E-state index contributed by atoms with van der Waals surface area (Å²) >= 11 is 9.50. The first-order valence-corrected chi connectivity index (χ1v) is 9.72. The van der Waals surface area contributed by atoms with Gasteiger partial charge in [0, 0.05) is 21.7 Å². The summed E-state index contributed by atoms with van der Waals surface area (Å²) in [5, 5.41) is 6.35. The third kappa shape index (κ3) is 6.34. The van der Waals surface area contributed by atoms with Crippen LogP contribution in [0.5, 0.6) is 0 Å². The SMILES string of the molecule is Cc1cc(Br)ccc1NC(=O)CN(C)C(C)C(=O)NCc1ccccc1Cl. The summed E-state index contributed by atoms with van der Waals surface area (Å²) in [5.74, 6) is -0.335. The highest BCUT2D eigenvalue weighted by molar-refractivity contribution is 9.10. The van der Waals surface area contributed by atoms with Gasteiger partial charge in [-0.1, -0.05) is 45.7 Å². The van der Waals surface area contributed by atoms with E-state index >= 15 is 0 Å². The molecule has 1 atom stereocenters. The van der Waals surface area contributed by atoms with Crippen molar-refractivity contribution >= 4 is 45.0 Å². The first-order chi connectivity index (χ1) is 12.8. The maximum atomic E-state index is 12.4. The highest BCUT2D eigenvalue weighted by Crippen LogP contribution is 2.20. The molecule has 0 saturated heterocycles. The van der Waals surface area contributed by atoms with Crippen LogP contribution in [0.2, 0.25) is 5.02 Å². The van der Waals surface area contributed by atoms with Crippen LogP contribution in [0.25, 0.3) is 0 Å². The zero-order valence-electron chi connectivity index (χ0n) is 15.6. The van der Waals surface area contributed by atoms with Gasteiger partial charge in [0.05, 0.1) is 12.6 Å². The standard InChI is InChI=1S/C20H23BrClN3O2/c1-13-10-16(21)8-9-18(13)24-19(26)12-25(3)14(2)20(27)23-11-15-6-4-5-7-17(15)22/h4-10,14H,11-12H2,1-3H3,(H,23,27)(H,24,26). The van der Waals surface area contributed by atoms with E-state index in [4.69, 9.17) is 11.6 Å². The molecule has 0 saturated carbocycles. The number of anilines is 1. The van der Waals surface area contributed by atoms with Crippen LogP contribution < -0.4 is 10.6 Å². The largest absolute Gasteiger partial charge is 0.351 e. The van der Waals surface area contributed by atoms with E-state index in [-0.39, 0.29) is 18.4 Å². The molecule has 2 aromatic carbocycles. The molecule has 0 aliphatic rings. The topological polar surface area (TPSA) is 61.4 Å². The van der Waals surface area contributed by atoms with Crippen molar-refractivity contribution in [3.63, 3.8) is 0 Å². The average molecular weight is 453 g/mol. The van der Waals surface area contributed by atoms with Gasteiger partial charge in [-0.25, -0.2) is 0 Å². The summed E-state index contributed by atoms with van der Waals surface area (Å²) in [6.45, 7) is 4.14. The van der Waals surface area contributed by atoms with E-state index in [0.717, 1.165) is 21.3 Å². The van der Waals surface area contributed by atoms with Crippen LogP contribution in [0.1, 0.15) is 18.1 Å². The number of halogens is 2. The Balaban J connectivity index is 1.86. The lowest BCUT2D eigenvalue weighted by molar-refractivity contribution is -0.126. The van der Waals surface area contributed by atoms with Gasteiger partial charge < -0.3 is 10.6 Å². The second-order valence-electron chi connectivity index (χ2n) is 6.41. The van der Waals surface area contributed by atoms with E-state index in [1.807, 2.05) is 43.3 Å². The van der Waals surface area contributed by atoms with Gasteiger partial charge in [-0.2, -0.15) is 0 Å². The number of hydrogen-bond acceptors (Lipinski definition) is 3. The van der Waals surface area contributed by atoms with Crippen molar-refractivity contribution in [3.05, 3.63) is 63.1 Å². The molecule has 5 nitrogen and oxygen atoms in total. The van der Waals surface area contributed by atoms with E-state index in [9.17, 15) is 9.59 Å². The Morgan fingerprint density at radius 2 is 1.93 bits per heavy atom. The molecule has 0 fully saturated rings. The van der Waals surface area contributed by atoms with E-state index in [1.165, 1.54) is 0 Å². The van der Waals surface area contributed by atoms with Crippen LogP contribution in [0.3, 0.4) is 0 Å². The normalized spacial score (nSPS) is 11.9. The Labute approximate surface area is 173 Å². The molecular weight excluding hydrogens is 430 g/mol. The lowest BCUT2D eigenvalue weighted by Crippen LogP contribution is -2.45. The Hall–Kier alpha value is -1.89. The molecule has 0 aromatic heterocycles. The molecule has 0 bridgehead atoms. The van der Waals surface area contributed by atoms with Crippen LogP contribution in [-0.2, 0) is 16.1 Å². The fourth-order valence-corrected chi connectivity index (χ4v) is 3.17. The van der Waals surface area contributed by atoms with Crippen molar-refractivity contribution in [3.8, 4) is 0 Å². The van der Waals surface area contributed by atoms with Crippen molar-refractivity contribution in [2.75, 3.05) is 18.9 Å². The van der Waals surface area contributed by atoms with Gasteiger partial charge in [0.15, 0.2) is 0 Å². The second kappa shape index (κ2) is 9.88. The van der Waals surface area contributed by atoms with Gasteiger partial charge in [-0.3, -0.25) is 14.5 Å². The highest BCUT2D eigenvalue weighted by Gasteiger charge is 2.20. The Bertz CT molecular complexity index is 829. The van der Waals surface area contributed by atoms with E-state index in [1.54, 1.807) is 24.9 Å². The van der Waals surface area contributed by atoms with E-state index < -0.39 is 6.04 Å². The molecule has 7 heteroatoms. The van der Waals surface area contributed by atoms with Crippen LogP contribution in [0.4, 0.5) is 5.69 Å². The summed E-state index contributed by atoms with van der Waals surface area (Å²) < 4.78 is 0.957. The number of carbonyl (C=O) groups is 2. The molecule has 0 radical (unpaired) electrons. The van der Waals surface area contributed by atoms with Gasteiger partial charge >= 0.3 is 0 Å². The molecule has 1 unspecified atom stereocenters. The number of nitrogens with zero attached hydrogens (tertiary/aromatic N) is 1. The smallest absolute Gasteiger partial charge is 0.238 e. The fraction of sp³-hybridized carbons (Fsp3) is 0.300. The van der Waals surface area contributed by atoms with Gasteiger partial charge in [0.25, 0.3) is 0 Å². The summed E-state index contributed by atoms with van der Waals surface area (Å²) in [6.07, 6.45) is 0. The zero-order chi connectivity index (χ0) is 20.0. The predicted octanol–water partition coefficient (Wildman–Crippen LogP) is 3.99. The molecule has 0 spiro atoms.